The highest BCUT2D eigenvalue weighted by Crippen LogP contribution is 2.07. The van der Waals surface area contributed by atoms with Gasteiger partial charge in [0.15, 0.2) is 0 Å². The van der Waals surface area contributed by atoms with Gasteiger partial charge in [0.05, 0.1) is 6.10 Å². The second-order valence-corrected chi connectivity index (χ2v) is 4.42. The highest BCUT2D eigenvalue weighted by molar-refractivity contribution is 5.91. The lowest BCUT2D eigenvalue weighted by molar-refractivity contribution is -0.316. The van der Waals surface area contributed by atoms with Crippen LogP contribution in [0.5, 0.6) is 0 Å². The van der Waals surface area contributed by atoms with Crippen molar-refractivity contribution in [1.29, 1.82) is 0 Å². The smallest absolute Gasteiger partial charge is 0.366 e. The molecule has 0 bridgehead atoms. The highest BCUT2D eigenvalue weighted by Gasteiger charge is 2.14. The first-order valence-electron chi connectivity index (χ1n) is 4.99. The standard InChI is InChI=1S/C11H18O5/c1-8(2)14-9(12)6-7-10(13)15-16-11(3,4)5/h6-8H,1-5H3/b7-6+. The van der Waals surface area contributed by atoms with Crippen molar-refractivity contribution in [2.45, 2.75) is 46.3 Å². The summed E-state index contributed by atoms with van der Waals surface area (Å²) >= 11 is 0. The van der Waals surface area contributed by atoms with Gasteiger partial charge in [0.1, 0.15) is 5.60 Å². The van der Waals surface area contributed by atoms with Crippen molar-refractivity contribution >= 4 is 11.9 Å². The van der Waals surface area contributed by atoms with Gasteiger partial charge in [-0.2, -0.15) is 4.89 Å². The fraction of sp³-hybridized carbons (Fsp3) is 0.636. The van der Waals surface area contributed by atoms with Crippen molar-refractivity contribution in [2.24, 2.45) is 0 Å². The molecule has 0 fully saturated rings. The summed E-state index contributed by atoms with van der Waals surface area (Å²) in [5, 5.41) is 0. The summed E-state index contributed by atoms with van der Waals surface area (Å²) in [6.07, 6.45) is 1.73. The first-order chi connectivity index (χ1) is 7.20. The van der Waals surface area contributed by atoms with E-state index in [-0.39, 0.29) is 6.10 Å². The minimum absolute atomic E-state index is 0.223. The van der Waals surface area contributed by atoms with Gasteiger partial charge in [-0.05, 0) is 34.6 Å². The largest absolute Gasteiger partial charge is 0.460 e. The number of ether oxygens (including phenoxy) is 1. The Morgan fingerprint density at radius 2 is 1.56 bits per heavy atom. The highest BCUT2D eigenvalue weighted by atomic mass is 17.2. The van der Waals surface area contributed by atoms with Gasteiger partial charge in [0.25, 0.3) is 0 Å². The van der Waals surface area contributed by atoms with Gasteiger partial charge < -0.3 is 4.74 Å². The Balaban J connectivity index is 3.96. The van der Waals surface area contributed by atoms with E-state index in [4.69, 9.17) is 9.62 Å². The molecule has 0 aromatic rings. The minimum Gasteiger partial charge on any atom is -0.460 e. The molecule has 0 aromatic heterocycles. The van der Waals surface area contributed by atoms with Crippen molar-refractivity contribution in [3.63, 3.8) is 0 Å². The Labute approximate surface area is 95.3 Å². The van der Waals surface area contributed by atoms with E-state index in [9.17, 15) is 9.59 Å². The van der Waals surface area contributed by atoms with Gasteiger partial charge >= 0.3 is 11.9 Å². The van der Waals surface area contributed by atoms with Crippen molar-refractivity contribution in [3.05, 3.63) is 12.2 Å². The third-order valence-electron chi connectivity index (χ3n) is 1.08. The zero-order valence-electron chi connectivity index (χ0n) is 10.3. The van der Waals surface area contributed by atoms with E-state index in [1.807, 2.05) is 0 Å². The third kappa shape index (κ3) is 9.21. The molecule has 0 atom stereocenters. The topological polar surface area (TPSA) is 61.8 Å². The number of hydrogen-bond donors (Lipinski definition) is 0. The van der Waals surface area contributed by atoms with Crippen LogP contribution in [-0.4, -0.2) is 23.6 Å². The molecule has 5 heteroatoms. The van der Waals surface area contributed by atoms with Gasteiger partial charge in [-0.15, -0.1) is 0 Å². The average molecular weight is 230 g/mol. The van der Waals surface area contributed by atoms with Crippen LogP contribution in [0.15, 0.2) is 12.2 Å². The molecule has 0 N–H and O–H groups in total. The summed E-state index contributed by atoms with van der Waals surface area (Å²) < 4.78 is 4.77. The van der Waals surface area contributed by atoms with Crippen LogP contribution in [0.25, 0.3) is 0 Å². The maximum Gasteiger partial charge on any atom is 0.366 e. The molecule has 5 nitrogen and oxygen atoms in total. The van der Waals surface area contributed by atoms with Gasteiger partial charge in [-0.25, -0.2) is 9.59 Å². The van der Waals surface area contributed by atoms with Crippen LogP contribution in [0.4, 0.5) is 0 Å². The van der Waals surface area contributed by atoms with Crippen LogP contribution >= 0.6 is 0 Å². The molecule has 92 valence electrons. The molecule has 0 aliphatic rings. The summed E-state index contributed by atoms with van der Waals surface area (Å²) in [5.41, 5.74) is -0.581. The van der Waals surface area contributed by atoms with E-state index >= 15 is 0 Å². The lowest BCUT2D eigenvalue weighted by atomic mass is 10.2. The fourth-order valence-electron chi connectivity index (χ4n) is 0.602. The second-order valence-electron chi connectivity index (χ2n) is 4.42. The van der Waals surface area contributed by atoms with Crippen molar-refractivity contribution < 1.29 is 24.1 Å². The van der Waals surface area contributed by atoms with E-state index in [1.54, 1.807) is 34.6 Å². The summed E-state index contributed by atoms with van der Waals surface area (Å²) in [4.78, 5) is 31.2. The molecule has 0 aromatic carbocycles. The maximum atomic E-state index is 11.0. The SMILES string of the molecule is CC(C)OC(=O)/C=C/C(=O)OOC(C)(C)C. The predicted molar refractivity (Wildman–Crippen MR) is 57.3 cm³/mol. The number of carbonyl (C=O) groups is 2. The Hall–Kier alpha value is -1.36. The molecule has 0 heterocycles. The second kappa shape index (κ2) is 6.27. The molecule has 16 heavy (non-hydrogen) atoms. The molecule has 0 saturated heterocycles. The number of rotatable bonds is 4. The number of esters is 1. The quantitative estimate of drug-likeness (QED) is 0.319. The Morgan fingerprint density at radius 1 is 1.06 bits per heavy atom. The van der Waals surface area contributed by atoms with E-state index in [2.05, 4.69) is 4.89 Å². The van der Waals surface area contributed by atoms with Crippen LogP contribution in [-0.2, 0) is 24.1 Å². The molecular formula is C11H18O5. The molecule has 0 radical (unpaired) electrons. The molecular weight excluding hydrogens is 212 g/mol. The van der Waals surface area contributed by atoms with E-state index in [0.717, 1.165) is 12.2 Å². The van der Waals surface area contributed by atoms with Crippen LogP contribution in [0.1, 0.15) is 34.6 Å². The van der Waals surface area contributed by atoms with Crippen LogP contribution in [0.3, 0.4) is 0 Å². The van der Waals surface area contributed by atoms with Gasteiger partial charge in [0.2, 0.25) is 0 Å². The first-order valence-corrected chi connectivity index (χ1v) is 4.99. The summed E-state index contributed by atoms with van der Waals surface area (Å²) in [7, 11) is 0. The summed E-state index contributed by atoms with van der Waals surface area (Å²) in [6.45, 7) is 8.63. The summed E-state index contributed by atoms with van der Waals surface area (Å²) in [6, 6.07) is 0. The lowest BCUT2D eigenvalue weighted by Crippen LogP contribution is -2.21. The number of hydrogen-bond acceptors (Lipinski definition) is 5. The van der Waals surface area contributed by atoms with Crippen molar-refractivity contribution in [2.75, 3.05) is 0 Å². The Kier molecular flexibility index (Phi) is 5.74. The predicted octanol–water partition coefficient (Wildman–Crippen LogP) is 1.77. The van der Waals surface area contributed by atoms with E-state index in [0.29, 0.717) is 0 Å². The minimum atomic E-state index is -0.754. The molecule has 0 spiro atoms. The maximum absolute atomic E-state index is 11.0. The van der Waals surface area contributed by atoms with E-state index in [1.165, 1.54) is 0 Å². The van der Waals surface area contributed by atoms with Crippen LogP contribution < -0.4 is 0 Å². The molecule has 0 amide bonds. The lowest BCUT2D eigenvalue weighted by Gasteiger charge is -2.15. The average Bonchev–Trinajstić information content (AvgIpc) is 2.09. The monoisotopic (exact) mass is 230 g/mol. The van der Waals surface area contributed by atoms with Gasteiger partial charge in [0, 0.05) is 12.2 Å². The van der Waals surface area contributed by atoms with Crippen LogP contribution in [0, 0.1) is 0 Å². The molecule has 0 rings (SSSR count). The Morgan fingerprint density at radius 3 is 2.00 bits per heavy atom. The van der Waals surface area contributed by atoms with Gasteiger partial charge in [-0.3, -0.25) is 4.89 Å². The first kappa shape index (κ1) is 14.6. The normalized spacial score (nSPS) is 11.9. The molecule has 0 saturated carbocycles. The summed E-state index contributed by atoms with van der Waals surface area (Å²) in [5.74, 6) is -1.35. The van der Waals surface area contributed by atoms with Crippen molar-refractivity contribution in [1.82, 2.24) is 0 Å². The van der Waals surface area contributed by atoms with E-state index < -0.39 is 17.5 Å². The zero-order valence-corrected chi connectivity index (χ0v) is 10.3. The fourth-order valence-corrected chi connectivity index (χ4v) is 0.602. The molecule has 0 unspecified atom stereocenters. The van der Waals surface area contributed by atoms with Crippen molar-refractivity contribution in [3.8, 4) is 0 Å². The molecule has 0 aliphatic carbocycles. The Bertz CT molecular complexity index is 273. The number of carbonyl (C=O) groups excluding carboxylic acids is 2. The molecule has 0 aliphatic heterocycles. The van der Waals surface area contributed by atoms with Gasteiger partial charge in [-0.1, -0.05) is 0 Å². The zero-order chi connectivity index (χ0) is 12.8. The van der Waals surface area contributed by atoms with Crippen LogP contribution in [0.2, 0.25) is 0 Å². The third-order valence-corrected chi connectivity index (χ3v) is 1.08.